The van der Waals surface area contributed by atoms with Crippen molar-refractivity contribution in [1.29, 1.82) is 0 Å². The molecule has 1 aliphatic rings. The number of carboxylic acids is 1. The van der Waals surface area contributed by atoms with Gasteiger partial charge in [-0.15, -0.1) is 0 Å². The number of aromatic carboxylic acids is 1. The Bertz CT molecular complexity index is 1150. The van der Waals surface area contributed by atoms with Gasteiger partial charge in [0.2, 0.25) is 12.0 Å². The van der Waals surface area contributed by atoms with E-state index < -0.39 is 49.3 Å². The molecule has 0 aromatic heterocycles. The van der Waals surface area contributed by atoms with E-state index in [1.165, 1.54) is 57.7 Å². The van der Waals surface area contributed by atoms with Gasteiger partial charge in [-0.3, -0.25) is 0 Å². The molecule has 0 bridgehead atoms. The zero-order valence-corrected chi connectivity index (χ0v) is 20.6. The summed E-state index contributed by atoms with van der Waals surface area (Å²) in [5, 5.41) is 50.0. The van der Waals surface area contributed by atoms with E-state index in [1.54, 1.807) is 0 Å². The number of phenols is 1. The van der Waals surface area contributed by atoms with Gasteiger partial charge >= 0.3 is 11.9 Å². The average molecular weight is 536 g/mol. The van der Waals surface area contributed by atoms with Crippen LogP contribution in [0.2, 0.25) is 0 Å². The van der Waals surface area contributed by atoms with Crippen LogP contribution in [-0.2, 0) is 14.3 Å². The molecule has 0 unspecified atom stereocenters. The quantitative estimate of drug-likeness (QED) is 0.209. The van der Waals surface area contributed by atoms with Crippen LogP contribution in [0, 0.1) is 0 Å². The molecule has 13 nitrogen and oxygen atoms in total. The van der Waals surface area contributed by atoms with Crippen LogP contribution < -0.4 is 18.9 Å². The summed E-state index contributed by atoms with van der Waals surface area (Å²) in [4.78, 5) is 23.4. The molecule has 5 atom stereocenters. The number of benzene rings is 2. The number of esters is 1. The molecule has 38 heavy (non-hydrogen) atoms. The minimum atomic E-state index is -1.71. The number of aliphatic hydroxyl groups is 3. The van der Waals surface area contributed by atoms with Gasteiger partial charge in [-0.25, -0.2) is 9.59 Å². The van der Waals surface area contributed by atoms with Gasteiger partial charge in [-0.2, -0.15) is 0 Å². The summed E-state index contributed by atoms with van der Waals surface area (Å²) in [7, 11) is 4.00. The Balaban J connectivity index is 1.67. The van der Waals surface area contributed by atoms with Crippen molar-refractivity contribution in [3.63, 3.8) is 0 Å². The molecule has 1 aliphatic heterocycles. The summed E-state index contributed by atoms with van der Waals surface area (Å²) in [6.07, 6.45) is -5.38. The second-order valence-corrected chi connectivity index (χ2v) is 8.04. The largest absolute Gasteiger partial charge is 0.502 e. The second-order valence-electron chi connectivity index (χ2n) is 8.04. The molecule has 2 aromatic rings. The van der Waals surface area contributed by atoms with Gasteiger partial charge in [0, 0.05) is 6.08 Å². The third-order valence-electron chi connectivity index (χ3n) is 5.63. The van der Waals surface area contributed by atoms with Crippen molar-refractivity contribution in [2.45, 2.75) is 30.7 Å². The maximum absolute atomic E-state index is 12.3. The number of carboxylic acid groups (broad SMARTS) is 1. The van der Waals surface area contributed by atoms with E-state index in [4.69, 9.17) is 33.5 Å². The number of hydrogen-bond acceptors (Lipinski definition) is 12. The van der Waals surface area contributed by atoms with E-state index in [2.05, 4.69) is 0 Å². The number of aromatic hydroxyl groups is 1. The molecule has 0 saturated carbocycles. The number of aliphatic hydroxyl groups excluding tert-OH is 3. The SMILES string of the molecule is COc1cc(C(=O)O)ccc1O[C@H]1O[C@H](COC(=O)C=Cc2cc(OC)c(O)c(OC)c2)[C@@H](O)[C@H](O)[C@H]1O. The van der Waals surface area contributed by atoms with Crippen LogP contribution in [0.1, 0.15) is 15.9 Å². The van der Waals surface area contributed by atoms with E-state index in [9.17, 15) is 30.0 Å². The predicted molar refractivity (Wildman–Crippen MR) is 128 cm³/mol. The van der Waals surface area contributed by atoms with Crippen LogP contribution >= 0.6 is 0 Å². The highest BCUT2D eigenvalue weighted by Crippen LogP contribution is 2.37. The Morgan fingerprint density at radius 1 is 0.895 bits per heavy atom. The van der Waals surface area contributed by atoms with Crippen molar-refractivity contribution < 1.29 is 63.5 Å². The fourth-order valence-corrected chi connectivity index (χ4v) is 3.56. The number of carbonyl (C=O) groups is 2. The minimum Gasteiger partial charge on any atom is -0.502 e. The van der Waals surface area contributed by atoms with Gasteiger partial charge in [0.15, 0.2) is 23.0 Å². The summed E-state index contributed by atoms with van der Waals surface area (Å²) in [6, 6.07) is 6.65. The number of rotatable bonds is 10. The maximum Gasteiger partial charge on any atom is 0.335 e. The van der Waals surface area contributed by atoms with Crippen LogP contribution in [0.3, 0.4) is 0 Å². The van der Waals surface area contributed by atoms with Crippen molar-refractivity contribution in [3.05, 3.63) is 47.5 Å². The lowest BCUT2D eigenvalue weighted by Crippen LogP contribution is -2.60. The zero-order chi connectivity index (χ0) is 28.0. The van der Waals surface area contributed by atoms with Gasteiger partial charge in [0.1, 0.15) is 31.0 Å². The van der Waals surface area contributed by atoms with E-state index >= 15 is 0 Å². The average Bonchev–Trinajstić information content (AvgIpc) is 2.91. The molecule has 0 radical (unpaired) electrons. The Labute approximate surface area is 217 Å². The Morgan fingerprint density at radius 2 is 1.53 bits per heavy atom. The van der Waals surface area contributed by atoms with Crippen LogP contribution in [0.25, 0.3) is 6.08 Å². The molecule has 2 aromatic carbocycles. The van der Waals surface area contributed by atoms with Gasteiger partial charge in [0.05, 0.1) is 26.9 Å². The first-order chi connectivity index (χ1) is 18.1. The van der Waals surface area contributed by atoms with Crippen molar-refractivity contribution >= 4 is 18.0 Å². The van der Waals surface area contributed by atoms with Crippen LogP contribution in [0.5, 0.6) is 28.7 Å². The summed E-state index contributed by atoms with van der Waals surface area (Å²) >= 11 is 0. The van der Waals surface area contributed by atoms with Crippen LogP contribution in [0.4, 0.5) is 0 Å². The topological polar surface area (TPSA) is 191 Å². The fraction of sp³-hybridized carbons (Fsp3) is 0.360. The summed E-state index contributed by atoms with van der Waals surface area (Å²) in [5.41, 5.74) is 0.383. The number of phenolic OH excluding ortho intramolecular Hbond substituents is 1. The number of hydrogen-bond donors (Lipinski definition) is 5. The lowest BCUT2D eigenvalue weighted by Gasteiger charge is -2.40. The smallest absolute Gasteiger partial charge is 0.335 e. The first-order valence-electron chi connectivity index (χ1n) is 11.2. The van der Waals surface area contributed by atoms with Crippen LogP contribution in [0.15, 0.2) is 36.4 Å². The highest BCUT2D eigenvalue weighted by molar-refractivity contribution is 5.88. The lowest BCUT2D eigenvalue weighted by atomic mass is 9.99. The Kier molecular flexibility index (Phi) is 9.36. The maximum atomic E-state index is 12.3. The normalized spacial score (nSPS) is 23.1. The molecule has 1 fully saturated rings. The van der Waals surface area contributed by atoms with Gasteiger partial charge in [-0.05, 0) is 42.0 Å². The third kappa shape index (κ3) is 6.44. The second kappa shape index (κ2) is 12.5. The predicted octanol–water partition coefficient (Wildman–Crippen LogP) is 0.559. The zero-order valence-electron chi connectivity index (χ0n) is 20.6. The third-order valence-corrected chi connectivity index (χ3v) is 5.63. The molecular formula is C25H28O13. The van der Waals surface area contributed by atoms with Crippen molar-refractivity contribution in [2.24, 2.45) is 0 Å². The highest BCUT2D eigenvalue weighted by Gasteiger charge is 2.45. The number of methoxy groups -OCH3 is 3. The molecule has 1 heterocycles. The van der Waals surface area contributed by atoms with Crippen molar-refractivity contribution in [1.82, 2.24) is 0 Å². The molecular weight excluding hydrogens is 508 g/mol. The Hall–Kier alpha value is -4.04. The van der Waals surface area contributed by atoms with Crippen molar-refractivity contribution in [3.8, 4) is 28.7 Å². The summed E-state index contributed by atoms with van der Waals surface area (Å²) in [6.45, 7) is -0.509. The standard InChI is InChI=1S/C25H28O13/c1-33-15-10-13(24(31)32)5-6-14(15)37-25-23(30)22(29)21(28)18(38-25)11-36-19(26)7-4-12-8-16(34-2)20(27)17(9-12)35-3/h4-10,18,21-23,25,27-30H,11H2,1-3H3,(H,31,32)/t18-,21-,22+,23-,25+/m1/s1. The van der Waals surface area contributed by atoms with Gasteiger partial charge in [-0.1, -0.05) is 0 Å². The monoisotopic (exact) mass is 536 g/mol. The number of carbonyl (C=O) groups excluding carboxylic acids is 1. The summed E-state index contributed by atoms with van der Waals surface area (Å²) in [5.74, 6) is -1.93. The highest BCUT2D eigenvalue weighted by atomic mass is 16.7. The van der Waals surface area contributed by atoms with E-state index in [0.29, 0.717) is 5.56 Å². The van der Waals surface area contributed by atoms with Gasteiger partial charge in [0.25, 0.3) is 0 Å². The van der Waals surface area contributed by atoms with E-state index in [0.717, 1.165) is 6.08 Å². The minimum absolute atomic E-state index is 0.00331. The fourth-order valence-electron chi connectivity index (χ4n) is 3.56. The van der Waals surface area contributed by atoms with Crippen LogP contribution in [-0.4, -0.2) is 96.1 Å². The molecule has 1 saturated heterocycles. The van der Waals surface area contributed by atoms with E-state index in [-0.39, 0.29) is 34.3 Å². The molecule has 13 heteroatoms. The Morgan fingerprint density at radius 3 is 2.11 bits per heavy atom. The van der Waals surface area contributed by atoms with Crippen molar-refractivity contribution in [2.75, 3.05) is 27.9 Å². The van der Waals surface area contributed by atoms with Gasteiger partial charge < -0.3 is 54.0 Å². The molecule has 206 valence electrons. The molecule has 5 N–H and O–H groups in total. The van der Waals surface area contributed by atoms with E-state index in [1.807, 2.05) is 0 Å². The molecule has 0 spiro atoms. The first-order valence-corrected chi connectivity index (χ1v) is 11.2. The molecule has 3 rings (SSSR count). The molecule has 0 aliphatic carbocycles. The molecule has 0 amide bonds. The summed E-state index contributed by atoms with van der Waals surface area (Å²) < 4.78 is 31.5. The number of ether oxygens (including phenoxy) is 6. The lowest BCUT2D eigenvalue weighted by molar-refractivity contribution is -0.278. The first kappa shape index (κ1) is 28.5.